The van der Waals surface area contributed by atoms with Crippen molar-refractivity contribution in [3.63, 3.8) is 0 Å². The van der Waals surface area contributed by atoms with Crippen LogP contribution in [0.1, 0.15) is 20.8 Å². The number of carbonyl (C=O) groups excluding carboxylic acids is 2. The Morgan fingerprint density at radius 1 is 0.938 bits per heavy atom. The van der Waals surface area contributed by atoms with Crippen LogP contribution >= 0.6 is 0 Å². The highest BCUT2D eigenvalue weighted by Crippen LogP contribution is 2.12. The third-order valence-electron chi connectivity index (χ3n) is 1.95. The third-order valence-corrected chi connectivity index (χ3v) is 1.95. The molecular formula is C10H14O6. The van der Waals surface area contributed by atoms with Gasteiger partial charge in [0.1, 0.15) is 12.2 Å². The quantitative estimate of drug-likeness (QED) is 0.326. The molecule has 0 rings (SSSR count). The topological polar surface area (TPSA) is 112 Å². The molecular weight excluding hydrogens is 216 g/mol. The van der Waals surface area contributed by atoms with Gasteiger partial charge in [0.05, 0.1) is 5.57 Å². The molecule has 0 aromatic carbocycles. The predicted octanol–water partition coefficient (Wildman–Crippen LogP) is -0.713. The summed E-state index contributed by atoms with van der Waals surface area (Å²) in [5.41, 5.74) is -1.16. The SMILES string of the molecule is CC(C(=O)O)=C(C(=O)C(C)O)C(=O)C(C)O. The maximum absolute atomic E-state index is 11.4. The first-order valence-corrected chi connectivity index (χ1v) is 4.58. The normalized spacial score (nSPS) is 13.8. The molecule has 6 nitrogen and oxygen atoms in total. The Kier molecular flexibility index (Phi) is 5.00. The molecule has 2 unspecified atom stereocenters. The van der Waals surface area contributed by atoms with E-state index < -0.39 is 40.9 Å². The Hall–Kier alpha value is -1.53. The summed E-state index contributed by atoms with van der Waals surface area (Å²) in [7, 11) is 0. The highest BCUT2D eigenvalue weighted by molar-refractivity contribution is 6.25. The molecule has 6 heteroatoms. The minimum Gasteiger partial charge on any atom is -0.478 e. The molecule has 2 atom stereocenters. The van der Waals surface area contributed by atoms with Gasteiger partial charge in [-0.3, -0.25) is 9.59 Å². The van der Waals surface area contributed by atoms with Gasteiger partial charge in [0.25, 0.3) is 0 Å². The van der Waals surface area contributed by atoms with Gasteiger partial charge in [-0.2, -0.15) is 0 Å². The lowest BCUT2D eigenvalue weighted by atomic mass is 9.95. The number of hydrogen-bond acceptors (Lipinski definition) is 5. The first-order chi connectivity index (χ1) is 7.20. The maximum atomic E-state index is 11.4. The van der Waals surface area contributed by atoms with E-state index in [2.05, 4.69) is 0 Å². The number of rotatable bonds is 5. The molecule has 0 aliphatic rings. The molecule has 0 spiro atoms. The molecule has 0 saturated heterocycles. The molecule has 0 amide bonds. The molecule has 90 valence electrons. The van der Waals surface area contributed by atoms with Crippen molar-refractivity contribution in [3.8, 4) is 0 Å². The van der Waals surface area contributed by atoms with Gasteiger partial charge in [-0.25, -0.2) is 4.79 Å². The lowest BCUT2D eigenvalue weighted by Crippen LogP contribution is -2.31. The Bertz CT molecular complexity index is 328. The second-order valence-electron chi connectivity index (χ2n) is 3.39. The zero-order valence-corrected chi connectivity index (χ0v) is 9.22. The summed E-state index contributed by atoms with van der Waals surface area (Å²) in [4.78, 5) is 33.5. The first-order valence-electron chi connectivity index (χ1n) is 4.58. The highest BCUT2D eigenvalue weighted by Gasteiger charge is 2.29. The van der Waals surface area contributed by atoms with Crippen molar-refractivity contribution in [2.75, 3.05) is 0 Å². The van der Waals surface area contributed by atoms with Gasteiger partial charge in [-0.15, -0.1) is 0 Å². The van der Waals surface area contributed by atoms with E-state index in [9.17, 15) is 14.4 Å². The van der Waals surface area contributed by atoms with Crippen molar-refractivity contribution in [3.05, 3.63) is 11.1 Å². The summed E-state index contributed by atoms with van der Waals surface area (Å²) in [6, 6.07) is 0. The molecule has 3 N–H and O–H groups in total. The fraction of sp³-hybridized carbons (Fsp3) is 0.500. The van der Waals surface area contributed by atoms with Crippen LogP contribution in [0.15, 0.2) is 11.1 Å². The van der Waals surface area contributed by atoms with Crippen LogP contribution in [0.2, 0.25) is 0 Å². The largest absolute Gasteiger partial charge is 0.478 e. The summed E-state index contributed by atoms with van der Waals surface area (Å²) in [6.07, 6.45) is -2.99. The van der Waals surface area contributed by atoms with E-state index in [4.69, 9.17) is 15.3 Å². The molecule has 0 aliphatic carbocycles. The second-order valence-corrected chi connectivity index (χ2v) is 3.39. The number of carbonyl (C=O) groups is 3. The van der Waals surface area contributed by atoms with E-state index in [0.29, 0.717) is 0 Å². The van der Waals surface area contributed by atoms with Crippen LogP contribution < -0.4 is 0 Å². The third kappa shape index (κ3) is 3.25. The highest BCUT2D eigenvalue weighted by atomic mass is 16.4. The minimum absolute atomic E-state index is 0.489. The molecule has 16 heavy (non-hydrogen) atoms. The Labute approximate surface area is 92.2 Å². The van der Waals surface area contributed by atoms with Crippen LogP contribution in [0, 0.1) is 0 Å². The molecule has 0 aromatic rings. The second kappa shape index (κ2) is 5.53. The number of hydrogen-bond donors (Lipinski definition) is 3. The van der Waals surface area contributed by atoms with Gasteiger partial charge < -0.3 is 15.3 Å². The lowest BCUT2D eigenvalue weighted by molar-refractivity contribution is -0.135. The van der Waals surface area contributed by atoms with Crippen LogP contribution in [0.3, 0.4) is 0 Å². The van der Waals surface area contributed by atoms with Gasteiger partial charge in [0, 0.05) is 5.57 Å². The fourth-order valence-corrected chi connectivity index (χ4v) is 1.02. The van der Waals surface area contributed by atoms with E-state index in [1.54, 1.807) is 0 Å². The van der Waals surface area contributed by atoms with E-state index in [0.717, 1.165) is 20.8 Å². The summed E-state index contributed by atoms with van der Waals surface area (Å²) >= 11 is 0. The van der Waals surface area contributed by atoms with E-state index in [1.165, 1.54) is 0 Å². The standard InChI is InChI=1S/C10H14O6/c1-4(10(15)16)7(8(13)5(2)11)9(14)6(3)12/h5-6,11-12H,1-3H3,(H,15,16). The number of aliphatic carboxylic acids is 1. The van der Waals surface area contributed by atoms with Crippen molar-refractivity contribution >= 4 is 17.5 Å². The van der Waals surface area contributed by atoms with E-state index >= 15 is 0 Å². The summed E-state index contributed by atoms with van der Waals surface area (Å²) in [5, 5.41) is 26.8. The van der Waals surface area contributed by atoms with Crippen LogP contribution in [-0.2, 0) is 14.4 Å². The Balaban J connectivity index is 5.58. The van der Waals surface area contributed by atoms with Crippen molar-refractivity contribution in [2.45, 2.75) is 33.0 Å². The lowest BCUT2D eigenvalue weighted by Gasteiger charge is -2.11. The molecule has 0 fully saturated rings. The first kappa shape index (κ1) is 14.5. The monoisotopic (exact) mass is 230 g/mol. The molecule has 0 heterocycles. The van der Waals surface area contributed by atoms with Gasteiger partial charge in [0.15, 0.2) is 11.6 Å². The van der Waals surface area contributed by atoms with Crippen molar-refractivity contribution in [2.24, 2.45) is 0 Å². The van der Waals surface area contributed by atoms with E-state index in [1.807, 2.05) is 0 Å². The Morgan fingerprint density at radius 3 is 1.44 bits per heavy atom. The average molecular weight is 230 g/mol. The van der Waals surface area contributed by atoms with Crippen LogP contribution in [0.5, 0.6) is 0 Å². The zero-order valence-electron chi connectivity index (χ0n) is 9.22. The Morgan fingerprint density at radius 2 is 1.25 bits per heavy atom. The van der Waals surface area contributed by atoms with Crippen molar-refractivity contribution in [1.29, 1.82) is 0 Å². The van der Waals surface area contributed by atoms with Gasteiger partial charge in [-0.05, 0) is 20.8 Å². The molecule has 0 bridgehead atoms. The van der Waals surface area contributed by atoms with Crippen LogP contribution in [0.25, 0.3) is 0 Å². The smallest absolute Gasteiger partial charge is 0.332 e. The number of carboxylic acid groups (broad SMARTS) is 1. The summed E-state index contributed by atoms with van der Waals surface area (Å²) < 4.78 is 0. The molecule has 0 radical (unpaired) electrons. The van der Waals surface area contributed by atoms with Gasteiger partial charge in [0.2, 0.25) is 0 Å². The summed E-state index contributed by atoms with van der Waals surface area (Å²) in [5.74, 6) is -3.46. The maximum Gasteiger partial charge on any atom is 0.332 e. The number of ketones is 2. The van der Waals surface area contributed by atoms with E-state index in [-0.39, 0.29) is 0 Å². The predicted molar refractivity (Wildman–Crippen MR) is 53.7 cm³/mol. The molecule has 0 aromatic heterocycles. The average Bonchev–Trinajstić information content (AvgIpc) is 2.16. The van der Waals surface area contributed by atoms with Crippen LogP contribution in [-0.4, -0.2) is 45.1 Å². The summed E-state index contributed by atoms with van der Waals surface area (Å²) in [6.45, 7) is 3.30. The molecule has 0 saturated carbocycles. The minimum atomic E-state index is -1.49. The van der Waals surface area contributed by atoms with Crippen LogP contribution in [0.4, 0.5) is 0 Å². The fourth-order valence-electron chi connectivity index (χ4n) is 1.02. The number of aliphatic hydroxyl groups is 2. The van der Waals surface area contributed by atoms with Gasteiger partial charge in [-0.1, -0.05) is 0 Å². The zero-order chi connectivity index (χ0) is 13.0. The van der Waals surface area contributed by atoms with Gasteiger partial charge >= 0.3 is 5.97 Å². The molecule has 0 aliphatic heterocycles. The number of carboxylic acids is 1. The van der Waals surface area contributed by atoms with Crippen molar-refractivity contribution < 1.29 is 29.7 Å². The van der Waals surface area contributed by atoms with Crippen molar-refractivity contribution in [1.82, 2.24) is 0 Å². The number of aliphatic hydroxyl groups excluding tert-OH is 2. The number of Topliss-reactive ketones (excluding diaryl/α,β-unsaturated/α-hetero) is 2.